The minimum Gasteiger partial charge on any atom is -0.373 e. The second-order valence-corrected chi connectivity index (χ2v) is 4.93. The summed E-state index contributed by atoms with van der Waals surface area (Å²) in [5.74, 6) is 1.62. The predicted molar refractivity (Wildman–Crippen MR) is 74.8 cm³/mol. The molecule has 2 nitrogen and oxygen atoms in total. The van der Waals surface area contributed by atoms with E-state index >= 15 is 0 Å². The number of halogens is 1. The molecule has 1 heterocycles. The van der Waals surface area contributed by atoms with E-state index in [1.165, 1.54) is 4.90 Å². The molecule has 0 saturated carbocycles. The summed E-state index contributed by atoms with van der Waals surface area (Å²) in [4.78, 5) is 5.66. The zero-order valence-corrected chi connectivity index (χ0v) is 11.1. The third kappa shape index (κ3) is 3.38. The maximum absolute atomic E-state index is 6.12. The SMILES string of the molecule is CNc1ccc(Cl)c(CSc2ccccc2)n1. The fraction of sp³-hybridized carbons (Fsp3) is 0.154. The van der Waals surface area contributed by atoms with Gasteiger partial charge in [-0.25, -0.2) is 4.98 Å². The normalized spacial score (nSPS) is 10.2. The molecule has 4 heteroatoms. The molecule has 0 aliphatic carbocycles. The van der Waals surface area contributed by atoms with Crippen LogP contribution in [0.4, 0.5) is 5.82 Å². The van der Waals surface area contributed by atoms with Crippen LogP contribution in [0.1, 0.15) is 5.69 Å². The molecule has 0 unspecified atom stereocenters. The molecule has 0 aliphatic heterocycles. The van der Waals surface area contributed by atoms with Gasteiger partial charge in [0.05, 0.1) is 10.7 Å². The summed E-state index contributed by atoms with van der Waals surface area (Å²) >= 11 is 7.85. The zero-order valence-electron chi connectivity index (χ0n) is 9.48. The Bertz CT molecular complexity index is 488. The lowest BCUT2D eigenvalue weighted by Gasteiger charge is -2.06. The molecule has 0 spiro atoms. The van der Waals surface area contributed by atoms with Crippen molar-refractivity contribution in [2.75, 3.05) is 12.4 Å². The minimum absolute atomic E-state index is 0.715. The Morgan fingerprint density at radius 3 is 2.65 bits per heavy atom. The van der Waals surface area contributed by atoms with E-state index in [0.717, 1.165) is 17.3 Å². The molecule has 1 aromatic carbocycles. The highest BCUT2D eigenvalue weighted by molar-refractivity contribution is 7.98. The quantitative estimate of drug-likeness (QED) is 0.843. The number of pyridine rings is 1. The van der Waals surface area contributed by atoms with E-state index in [9.17, 15) is 0 Å². The summed E-state index contributed by atoms with van der Waals surface area (Å²) in [6, 6.07) is 14.0. The van der Waals surface area contributed by atoms with E-state index < -0.39 is 0 Å². The van der Waals surface area contributed by atoms with E-state index in [0.29, 0.717) is 5.02 Å². The molecule has 0 radical (unpaired) electrons. The summed E-state index contributed by atoms with van der Waals surface area (Å²) in [7, 11) is 1.85. The number of hydrogen-bond acceptors (Lipinski definition) is 3. The number of thioether (sulfide) groups is 1. The van der Waals surface area contributed by atoms with Gasteiger partial charge < -0.3 is 5.32 Å². The Balaban J connectivity index is 2.08. The Morgan fingerprint density at radius 1 is 1.18 bits per heavy atom. The van der Waals surface area contributed by atoms with Crippen molar-refractivity contribution in [2.45, 2.75) is 10.6 Å². The Hall–Kier alpha value is -1.19. The van der Waals surface area contributed by atoms with Gasteiger partial charge in [0.15, 0.2) is 0 Å². The van der Waals surface area contributed by atoms with Crippen LogP contribution in [0.3, 0.4) is 0 Å². The van der Waals surface area contributed by atoms with Gasteiger partial charge in [-0.3, -0.25) is 0 Å². The lowest BCUT2D eigenvalue weighted by atomic mass is 10.3. The maximum atomic E-state index is 6.12. The number of nitrogens with zero attached hydrogens (tertiary/aromatic N) is 1. The molecule has 2 aromatic rings. The molecule has 0 aliphatic rings. The smallest absolute Gasteiger partial charge is 0.126 e. The van der Waals surface area contributed by atoms with Crippen LogP contribution < -0.4 is 5.32 Å². The van der Waals surface area contributed by atoms with Gasteiger partial charge in [0.2, 0.25) is 0 Å². The van der Waals surface area contributed by atoms with Gasteiger partial charge in [-0.15, -0.1) is 11.8 Å². The summed E-state index contributed by atoms with van der Waals surface area (Å²) in [5, 5.41) is 3.73. The molecule has 2 rings (SSSR count). The highest BCUT2D eigenvalue weighted by Crippen LogP contribution is 2.26. The molecule has 0 bridgehead atoms. The highest BCUT2D eigenvalue weighted by atomic mass is 35.5. The van der Waals surface area contributed by atoms with E-state index in [2.05, 4.69) is 22.4 Å². The molecule has 17 heavy (non-hydrogen) atoms. The molecular weight excluding hydrogens is 252 g/mol. The number of nitrogens with one attached hydrogen (secondary N) is 1. The van der Waals surface area contributed by atoms with Crippen LogP contribution in [-0.4, -0.2) is 12.0 Å². The molecule has 0 fully saturated rings. The molecule has 0 saturated heterocycles. The Morgan fingerprint density at radius 2 is 1.94 bits per heavy atom. The average molecular weight is 265 g/mol. The largest absolute Gasteiger partial charge is 0.373 e. The first-order valence-corrected chi connectivity index (χ1v) is 6.67. The van der Waals surface area contributed by atoms with Crippen molar-refractivity contribution in [2.24, 2.45) is 0 Å². The second-order valence-electron chi connectivity index (χ2n) is 3.48. The second kappa shape index (κ2) is 5.94. The van der Waals surface area contributed by atoms with Crippen molar-refractivity contribution in [3.05, 3.63) is 53.2 Å². The summed E-state index contributed by atoms with van der Waals surface area (Å²) in [6.45, 7) is 0. The van der Waals surface area contributed by atoms with Crippen molar-refractivity contribution in [3.63, 3.8) is 0 Å². The van der Waals surface area contributed by atoms with Crippen molar-refractivity contribution in [1.82, 2.24) is 4.98 Å². The van der Waals surface area contributed by atoms with Crippen LogP contribution in [-0.2, 0) is 5.75 Å². The predicted octanol–water partition coefficient (Wildman–Crippen LogP) is 4.07. The first kappa shape index (κ1) is 12.3. The standard InChI is InChI=1S/C13H13ClN2S/c1-15-13-8-7-11(14)12(16-13)9-17-10-5-3-2-4-6-10/h2-8H,9H2,1H3,(H,15,16). The van der Waals surface area contributed by atoms with Crippen molar-refractivity contribution < 1.29 is 0 Å². The van der Waals surface area contributed by atoms with Crippen LogP contribution in [0.25, 0.3) is 0 Å². The van der Waals surface area contributed by atoms with Gasteiger partial charge in [-0.05, 0) is 24.3 Å². The van der Waals surface area contributed by atoms with Crippen LogP contribution in [0, 0.1) is 0 Å². The van der Waals surface area contributed by atoms with Gasteiger partial charge in [0.25, 0.3) is 0 Å². The average Bonchev–Trinajstić information content (AvgIpc) is 2.39. The van der Waals surface area contributed by atoms with E-state index in [1.807, 2.05) is 37.4 Å². The third-order valence-corrected chi connectivity index (χ3v) is 3.66. The summed E-state index contributed by atoms with van der Waals surface area (Å²) in [5.41, 5.74) is 0.910. The monoisotopic (exact) mass is 264 g/mol. The van der Waals surface area contributed by atoms with E-state index in [1.54, 1.807) is 11.8 Å². The Labute approximate surface area is 110 Å². The van der Waals surface area contributed by atoms with Crippen molar-refractivity contribution in [3.8, 4) is 0 Å². The lowest BCUT2D eigenvalue weighted by molar-refractivity contribution is 1.16. The molecule has 88 valence electrons. The van der Waals surface area contributed by atoms with Crippen molar-refractivity contribution in [1.29, 1.82) is 0 Å². The number of anilines is 1. The van der Waals surface area contributed by atoms with Gasteiger partial charge in [0.1, 0.15) is 5.82 Å². The molecule has 0 atom stereocenters. The number of aromatic nitrogens is 1. The van der Waals surface area contributed by atoms with Crippen LogP contribution in [0.15, 0.2) is 47.4 Å². The summed E-state index contributed by atoms with van der Waals surface area (Å²) in [6.07, 6.45) is 0. The van der Waals surface area contributed by atoms with E-state index in [4.69, 9.17) is 11.6 Å². The van der Waals surface area contributed by atoms with Crippen LogP contribution in [0.2, 0.25) is 5.02 Å². The molecule has 1 N–H and O–H groups in total. The van der Waals surface area contributed by atoms with Crippen molar-refractivity contribution >= 4 is 29.2 Å². The zero-order chi connectivity index (χ0) is 12.1. The maximum Gasteiger partial charge on any atom is 0.126 e. The summed E-state index contributed by atoms with van der Waals surface area (Å²) < 4.78 is 0. The van der Waals surface area contributed by atoms with Gasteiger partial charge in [0, 0.05) is 17.7 Å². The van der Waals surface area contributed by atoms with Gasteiger partial charge in [-0.1, -0.05) is 29.8 Å². The molecule has 1 aromatic heterocycles. The third-order valence-electron chi connectivity index (χ3n) is 2.29. The van der Waals surface area contributed by atoms with E-state index in [-0.39, 0.29) is 0 Å². The van der Waals surface area contributed by atoms with Gasteiger partial charge >= 0.3 is 0 Å². The fourth-order valence-corrected chi connectivity index (χ4v) is 2.52. The number of hydrogen-bond donors (Lipinski definition) is 1. The Kier molecular flexibility index (Phi) is 4.29. The fourth-order valence-electron chi connectivity index (χ4n) is 1.39. The van der Waals surface area contributed by atoms with Crippen LogP contribution in [0.5, 0.6) is 0 Å². The van der Waals surface area contributed by atoms with Gasteiger partial charge in [-0.2, -0.15) is 0 Å². The topological polar surface area (TPSA) is 24.9 Å². The first-order valence-electron chi connectivity index (χ1n) is 5.30. The molecule has 0 amide bonds. The highest BCUT2D eigenvalue weighted by Gasteiger charge is 2.04. The first-order chi connectivity index (χ1) is 8.29. The number of benzene rings is 1. The van der Waals surface area contributed by atoms with Crippen LogP contribution >= 0.6 is 23.4 Å². The molecular formula is C13H13ClN2S. The number of rotatable bonds is 4. The lowest BCUT2D eigenvalue weighted by Crippen LogP contribution is -1.96. The minimum atomic E-state index is 0.715.